The number of Topliss-reactive ketones (excluding diaryl/α,β-unsaturated/α-hetero) is 1. The summed E-state index contributed by atoms with van der Waals surface area (Å²) in [6, 6.07) is 12.8. The van der Waals surface area contributed by atoms with Gasteiger partial charge in [-0.15, -0.1) is 11.8 Å². The summed E-state index contributed by atoms with van der Waals surface area (Å²) in [4.78, 5) is 24.1. The third-order valence-electron chi connectivity index (χ3n) is 3.67. The molecule has 0 bridgehead atoms. The molecule has 2 aromatic carbocycles. The highest BCUT2D eigenvalue weighted by Gasteiger charge is 2.09. The Labute approximate surface area is 146 Å². The van der Waals surface area contributed by atoms with E-state index in [4.69, 9.17) is 4.74 Å². The Bertz CT molecular complexity index is 726. The van der Waals surface area contributed by atoms with E-state index in [0.717, 1.165) is 16.9 Å². The molecule has 1 amide bonds. The maximum absolute atomic E-state index is 12.2. The lowest BCUT2D eigenvalue weighted by Gasteiger charge is -2.07. The molecule has 0 spiro atoms. The lowest BCUT2D eigenvalue weighted by atomic mass is 10.0. The smallest absolute Gasteiger partial charge is 0.234 e. The van der Waals surface area contributed by atoms with Crippen LogP contribution in [0.1, 0.15) is 21.5 Å². The Morgan fingerprint density at radius 2 is 1.71 bits per heavy atom. The maximum Gasteiger partial charge on any atom is 0.234 e. The average Bonchev–Trinajstić information content (AvgIpc) is 2.58. The summed E-state index contributed by atoms with van der Waals surface area (Å²) in [5.74, 6) is 1.18. The molecule has 0 fully saturated rings. The Morgan fingerprint density at radius 3 is 2.33 bits per heavy atom. The number of carbonyl (C=O) groups excluding carboxylic acids is 2. The number of methoxy groups -OCH3 is 1. The lowest BCUT2D eigenvalue weighted by Crippen LogP contribution is -2.15. The summed E-state index contributed by atoms with van der Waals surface area (Å²) < 4.78 is 5.07. The van der Waals surface area contributed by atoms with E-state index in [2.05, 4.69) is 5.32 Å². The van der Waals surface area contributed by atoms with Crippen molar-refractivity contribution in [3.63, 3.8) is 0 Å². The number of nitrogens with one attached hydrogen (secondary N) is 1. The van der Waals surface area contributed by atoms with Gasteiger partial charge in [0.2, 0.25) is 5.91 Å². The van der Waals surface area contributed by atoms with Crippen molar-refractivity contribution in [1.82, 2.24) is 0 Å². The van der Waals surface area contributed by atoms with Crippen molar-refractivity contribution in [2.45, 2.75) is 13.8 Å². The molecule has 0 saturated heterocycles. The van der Waals surface area contributed by atoms with E-state index in [1.54, 1.807) is 31.4 Å². The van der Waals surface area contributed by atoms with Gasteiger partial charge >= 0.3 is 0 Å². The van der Waals surface area contributed by atoms with Crippen LogP contribution in [0.3, 0.4) is 0 Å². The molecule has 24 heavy (non-hydrogen) atoms. The minimum Gasteiger partial charge on any atom is -0.497 e. The molecule has 0 aliphatic rings. The maximum atomic E-state index is 12.2. The second-order valence-electron chi connectivity index (χ2n) is 5.49. The van der Waals surface area contributed by atoms with Gasteiger partial charge in [0.05, 0.1) is 18.6 Å². The molecular weight excluding hydrogens is 322 g/mol. The van der Waals surface area contributed by atoms with Crippen LogP contribution >= 0.6 is 11.8 Å². The monoisotopic (exact) mass is 343 g/mol. The molecule has 2 rings (SSSR count). The zero-order valence-corrected chi connectivity index (χ0v) is 14.9. The number of anilines is 1. The number of amides is 1. The number of carbonyl (C=O) groups is 2. The van der Waals surface area contributed by atoms with E-state index in [1.165, 1.54) is 11.8 Å². The molecule has 0 aliphatic carbocycles. The third-order valence-corrected chi connectivity index (χ3v) is 4.60. The predicted molar refractivity (Wildman–Crippen MR) is 99.2 cm³/mol. The molecule has 0 radical (unpaired) electrons. The number of ketones is 1. The number of hydrogen-bond acceptors (Lipinski definition) is 4. The molecule has 0 aliphatic heterocycles. The second-order valence-corrected chi connectivity index (χ2v) is 6.48. The van der Waals surface area contributed by atoms with Gasteiger partial charge in [0.25, 0.3) is 0 Å². The molecule has 4 nitrogen and oxygen atoms in total. The zero-order chi connectivity index (χ0) is 17.5. The molecule has 0 atom stereocenters. The fraction of sp³-hybridized carbons (Fsp3) is 0.263. The van der Waals surface area contributed by atoms with Gasteiger partial charge in [-0.2, -0.15) is 0 Å². The van der Waals surface area contributed by atoms with Crippen LogP contribution in [0.2, 0.25) is 0 Å². The number of aryl methyl sites for hydroxylation is 2. The van der Waals surface area contributed by atoms with E-state index < -0.39 is 0 Å². The molecule has 2 aromatic rings. The van der Waals surface area contributed by atoms with Gasteiger partial charge < -0.3 is 10.1 Å². The number of benzene rings is 2. The van der Waals surface area contributed by atoms with Crippen LogP contribution in [0.15, 0.2) is 42.5 Å². The highest BCUT2D eigenvalue weighted by molar-refractivity contribution is 8.00. The molecule has 5 heteroatoms. The van der Waals surface area contributed by atoms with Crippen LogP contribution in [0.4, 0.5) is 5.69 Å². The van der Waals surface area contributed by atoms with Crippen molar-refractivity contribution in [3.8, 4) is 5.75 Å². The standard InChI is InChI=1S/C19H21NO3S/c1-13-4-5-15(10-14(13)2)18(21)11-24-12-19(22)20-16-6-8-17(23-3)9-7-16/h4-10H,11-12H2,1-3H3,(H,20,22). The SMILES string of the molecule is COc1ccc(NC(=O)CSCC(=O)c2ccc(C)c(C)c2)cc1. The molecular formula is C19H21NO3S. The number of ether oxygens (including phenoxy) is 1. The van der Waals surface area contributed by atoms with Gasteiger partial charge in [0, 0.05) is 11.3 Å². The second kappa shape index (κ2) is 8.55. The first-order chi connectivity index (χ1) is 11.5. The van der Waals surface area contributed by atoms with E-state index in [9.17, 15) is 9.59 Å². The van der Waals surface area contributed by atoms with Crippen molar-refractivity contribution in [2.24, 2.45) is 0 Å². The van der Waals surface area contributed by atoms with Crippen molar-refractivity contribution in [2.75, 3.05) is 23.9 Å². The van der Waals surface area contributed by atoms with Crippen molar-refractivity contribution in [3.05, 3.63) is 59.2 Å². The van der Waals surface area contributed by atoms with E-state index >= 15 is 0 Å². The van der Waals surface area contributed by atoms with E-state index in [0.29, 0.717) is 17.0 Å². The Kier molecular flexibility index (Phi) is 6.44. The molecule has 0 heterocycles. The minimum atomic E-state index is -0.127. The van der Waals surface area contributed by atoms with Crippen molar-refractivity contribution < 1.29 is 14.3 Å². The topological polar surface area (TPSA) is 55.4 Å². The largest absolute Gasteiger partial charge is 0.497 e. The first-order valence-corrected chi connectivity index (χ1v) is 8.77. The van der Waals surface area contributed by atoms with Crippen LogP contribution < -0.4 is 10.1 Å². The lowest BCUT2D eigenvalue weighted by molar-refractivity contribution is -0.113. The summed E-state index contributed by atoms with van der Waals surface area (Å²) in [6.07, 6.45) is 0. The van der Waals surface area contributed by atoms with Crippen LogP contribution in [0, 0.1) is 13.8 Å². The Hall–Kier alpha value is -2.27. The van der Waals surface area contributed by atoms with Gasteiger partial charge in [-0.3, -0.25) is 9.59 Å². The summed E-state index contributed by atoms with van der Waals surface area (Å²) >= 11 is 1.31. The van der Waals surface area contributed by atoms with Gasteiger partial charge in [-0.1, -0.05) is 12.1 Å². The normalized spacial score (nSPS) is 10.3. The van der Waals surface area contributed by atoms with Gasteiger partial charge in [0.15, 0.2) is 5.78 Å². The number of thioether (sulfide) groups is 1. The average molecular weight is 343 g/mol. The van der Waals surface area contributed by atoms with Gasteiger partial charge in [-0.25, -0.2) is 0 Å². The zero-order valence-electron chi connectivity index (χ0n) is 14.1. The molecule has 0 aromatic heterocycles. The first-order valence-electron chi connectivity index (χ1n) is 7.61. The first kappa shape index (κ1) is 18.1. The molecule has 0 saturated carbocycles. The summed E-state index contributed by atoms with van der Waals surface area (Å²) in [5, 5.41) is 2.80. The van der Waals surface area contributed by atoms with Crippen molar-refractivity contribution >= 4 is 29.1 Å². The van der Waals surface area contributed by atoms with Crippen LogP contribution in [-0.4, -0.2) is 30.3 Å². The molecule has 126 valence electrons. The van der Waals surface area contributed by atoms with Crippen LogP contribution in [0.25, 0.3) is 0 Å². The minimum absolute atomic E-state index is 0.0420. The summed E-state index contributed by atoms with van der Waals surface area (Å²) in [6.45, 7) is 4.00. The number of rotatable bonds is 7. The molecule has 0 unspecified atom stereocenters. The fourth-order valence-corrected chi connectivity index (χ4v) is 2.82. The summed E-state index contributed by atoms with van der Waals surface area (Å²) in [7, 11) is 1.59. The summed E-state index contributed by atoms with van der Waals surface area (Å²) in [5.41, 5.74) is 3.67. The van der Waals surface area contributed by atoms with E-state index in [-0.39, 0.29) is 17.4 Å². The highest BCUT2D eigenvalue weighted by Crippen LogP contribution is 2.16. The van der Waals surface area contributed by atoms with Crippen LogP contribution in [0.5, 0.6) is 5.75 Å². The van der Waals surface area contributed by atoms with Gasteiger partial charge in [0.1, 0.15) is 5.75 Å². The van der Waals surface area contributed by atoms with E-state index in [1.807, 2.05) is 32.0 Å². The third kappa shape index (κ3) is 5.13. The number of hydrogen-bond donors (Lipinski definition) is 1. The fourth-order valence-electron chi connectivity index (χ4n) is 2.11. The quantitative estimate of drug-likeness (QED) is 0.776. The Morgan fingerprint density at radius 1 is 1.00 bits per heavy atom. The van der Waals surface area contributed by atoms with Gasteiger partial charge in [-0.05, 0) is 55.3 Å². The van der Waals surface area contributed by atoms with Crippen molar-refractivity contribution in [1.29, 1.82) is 0 Å². The van der Waals surface area contributed by atoms with Crippen LogP contribution in [-0.2, 0) is 4.79 Å². The highest BCUT2D eigenvalue weighted by atomic mass is 32.2. The molecule has 1 N–H and O–H groups in total. The Balaban J connectivity index is 1.79. The predicted octanol–water partition coefficient (Wildman–Crippen LogP) is 3.87.